The number of nitrogens with one attached hydrogen (secondary N) is 1. The van der Waals surface area contributed by atoms with Gasteiger partial charge >= 0.3 is 0 Å². The van der Waals surface area contributed by atoms with Crippen LogP contribution in [0.1, 0.15) is 24.0 Å². The van der Waals surface area contributed by atoms with Crippen molar-refractivity contribution in [3.8, 4) is 11.8 Å². The molecule has 1 fully saturated rings. The molecule has 0 aliphatic carbocycles. The van der Waals surface area contributed by atoms with Crippen molar-refractivity contribution in [1.29, 1.82) is 5.26 Å². The number of pyridine rings is 2. The highest BCUT2D eigenvalue weighted by atomic mass is 32.2. The Labute approximate surface area is 198 Å². The van der Waals surface area contributed by atoms with Crippen LogP contribution in [0.4, 0.5) is 5.82 Å². The van der Waals surface area contributed by atoms with Gasteiger partial charge in [0.25, 0.3) is 0 Å². The van der Waals surface area contributed by atoms with Crippen LogP contribution in [0.2, 0.25) is 0 Å². The quantitative estimate of drug-likeness (QED) is 0.554. The molecule has 0 atom stereocenters. The lowest BCUT2D eigenvalue weighted by Gasteiger charge is -2.30. The van der Waals surface area contributed by atoms with Gasteiger partial charge in [0, 0.05) is 37.6 Å². The second-order valence-electron chi connectivity index (χ2n) is 7.80. The van der Waals surface area contributed by atoms with Crippen molar-refractivity contribution in [3.05, 3.63) is 78.2 Å². The number of hydrogen-bond acceptors (Lipinski definition) is 7. The van der Waals surface area contributed by atoms with E-state index < -0.39 is 10.0 Å². The normalized spacial score (nSPS) is 14.8. The number of carbonyl (C=O) groups is 1. The molecule has 1 aliphatic heterocycles. The van der Waals surface area contributed by atoms with Crippen LogP contribution in [0.5, 0.6) is 5.75 Å². The number of amides is 1. The van der Waals surface area contributed by atoms with Crippen LogP contribution >= 0.6 is 0 Å². The van der Waals surface area contributed by atoms with Gasteiger partial charge in [0.05, 0.1) is 16.5 Å². The summed E-state index contributed by atoms with van der Waals surface area (Å²) in [6.07, 6.45) is 5.71. The van der Waals surface area contributed by atoms with Gasteiger partial charge < -0.3 is 10.1 Å². The second kappa shape index (κ2) is 10.4. The fourth-order valence-corrected chi connectivity index (χ4v) is 5.14. The van der Waals surface area contributed by atoms with E-state index in [2.05, 4.69) is 15.3 Å². The van der Waals surface area contributed by atoms with E-state index in [1.54, 1.807) is 30.7 Å². The summed E-state index contributed by atoms with van der Waals surface area (Å²) in [5.74, 6) is 0.216. The molecule has 1 saturated heterocycles. The largest absolute Gasteiger partial charge is 0.485 e. The topological polar surface area (TPSA) is 125 Å². The van der Waals surface area contributed by atoms with Crippen molar-refractivity contribution in [3.63, 3.8) is 0 Å². The van der Waals surface area contributed by atoms with Crippen molar-refractivity contribution in [2.75, 3.05) is 18.4 Å². The Hall–Kier alpha value is -3.81. The van der Waals surface area contributed by atoms with Gasteiger partial charge in [-0.1, -0.05) is 0 Å². The predicted molar refractivity (Wildman–Crippen MR) is 124 cm³/mol. The second-order valence-corrected chi connectivity index (χ2v) is 9.74. The number of anilines is 1. The van der Waals surface area contributed by atoms with Crippen LogP contribution in [0, 0.1) is 17.2 Å². The molecule has 1 amide bonds. The SMILES string of the molecule is N#Cc1ccc(S(=O)(=O)N2CCC(C(=O)Nc3ncccc3OCc3ccncc3)CC2)cc1. The minimum atomic E-state index is -3.68. The number of rotatable bonds is 7. The summed E-state index contributed by atoms with van der Waals surface area (Å²) in [5, 5.41) is 11.7. The summed E-state index contributed by atoms with van der Waals surface area (Å²) >= 11 is 0. The van der Waals surface area contributed by atoms with Gasteiger partial charge in [-0.15, -0.1) is 0 Å². The third kappa shape index (κ3) is 5.39. The number of benzene rings is 1. The summed E-state index contributed by atoms with van der Waals surface area (Å²) in [6, 6.07) is 14.9. The molecule has 0 radical (unpaired) electrons. The van der Waals surface area contributed by atoms with Crippen LogP contribution in [0.15, 0.2) is 72.0 Å². The number of ether oxygens (including phenoxy) is 1. The molecule has 1 N–H and O–H groups in total. The van der Waals surface area contributed by atoms with Crippen LogP contribution < -0.4 is 10.1 Å². The summed E-state index contributed by atoms with van der Waals surface area (Å²) < 4.78 is 33.0. The molecule has 0 unspecified atom stereocenters. The van der Waals surface area contributed by atoms with Crippen LogP contribution in [-0.2, 0) is 21.4 Å². The highest BCUT2D eigenvalue weighted by Crippen LogP contribution is 2.27. The summed E-state index contributed by atoms with van der Waals surface area (Å²) in [4.78, 5) is 21.2. The highest BCUT2D eigenvalue weighted by molar-refractivity contribution is 7.89. The van der Waals surface area contributed by atoms with Crippen LogP contribution in [-0.4, -0.2) is 41.7 Å². The smallest absolute Gasteiger partial charge is 0.243 e. The fraction of sp³-hybridized carbons (Fsp3) is 0.250. The van der Waals surface area contributed by atoms with Gasteiger partial charge in [0.15, 0.2) is 11.6 Å². The van der Waals surface area contributed by atoms with E-state index in [4.69, 9.17) is 10.00 Å². The first-order valence-electron chi connectivity index (χ1n) is 10.8. The highest BCUT2D eigenvalue weighted by Gasteiger charge is 2.32. The Balaban J connectivity index is 1.35. The maximum atomic E-state index is 12.9. The van der Waals surface area contributed by atoms with Crippen LogP contribution in [0.3, 0.4) is 0 Å². The maximum Gasteiger partial charge on any atom is 0.243 e. The fourth-order valence-electron chi connectivity index (χ4n) is 3.67. The van der Waals surface area contributed by atoms with E-state index in [1.165, 1.54) is 28.6 Å². The van der Waals surface area contributed by atoms with Gasteiger partial charge in [-0.25, -0.2) is 13.4 Å². The van der Waals surface area contributed by atoms with Crippen molar-refractivity contribution in [2.24, 2.45) is 5.92 Å². The molecule has 3 heterocycles. The first kappa shape index (κ1) is 23.4. The minimum absolute atomic E-state index is 0.138. The zero-order chi connectivity index (χ0) is 24.0. The first-order valence-corrected chi connectivity index (χ1v) is 12.2. The molecule has 4 rings (SSSR count). The molecule has 34 heavy (non-hydrogen) atoms. The monoisotopic (exact) mass is 477 g/mol. The zero-order valence-corrected chi connectivity index (χ0v) is 19.1. The Morgan fingerprint density at radius 1 is 1.09 bits per heavy atom. The summed E-state index contributed by atoms with van der Waals surface area (Å²) in [6.45, 7) is 0.769. The molecule has 0 saturated carbocycles. The van der Waals surface area contributed by atoms with Gasteiger partial charge in [0.1, 0.15) is 6.61 Å². The van der Waals surface area contributed by atoms with Crippen molar-refractivity contribution in [1.82, 2.24) is 14.3 Å². The summed E-state index contributed by atoms with van der Waals surface area (Å²) in [7, 11) is -3.68. The van der Waals surface area contributed by atoms with E-state index in [0.29, 0.717) is 36.6 Å². The van der Waals surface area contributed by atoms with Gasteiger partial charge in [0.2, 0.25) is 15.9 Å². The van der Waals surface area contributed by atoms with E-state index >= 15 is 0 Å². The number of carbonyl (C=O) groups excluding carboxylic acids is 1. The van der Waals surface area contributed by atoms with Gasteiger partial charge in [-0.2, -0.15) is 9.57 Å². The molecule has 1 aliphatic rings. The molecule has 1 aromatic carbocycles. The Morgan fingerprint density at radius 2 is 1.79 bits per heavy atom. The zero-order valence-electron chi connectivity index (χ0n) is 18.3. The summed E-state index contributed by atoms with van der Waals surface area (Å²) in [5.41, 5.74) is 1.33. The van der Waals surface area contributed by atoms with Gasteiger partial charge in [-0.3, -0.25) is 9.78 Å². The van der Waals surface area contributed by atoms with E-state index in [-0.39, 0.29) is 29.8 Å². The van der Waals surface area contributed by atoms with Crippen molar-refractivity contribution < 1.29 is 17.9 Å². The molecular formula is C24H23N5O4S. The average molecular weight is 478 g/mol. The first-order chi connectivity index (χ1) is 16.5. The Bertz CT molecular complexity index is 1280. The molecule has 9 nitrogen and oxygen atoms in total. The van der Waals surface area contributed by atoms with Crippen molar-refractivity contribution >= 4 is 21.7 Å². The van der Waals surface area contributed by atoms with E-state index in [1.807, 2.05) is 18.2 Å². The number of nitriles is 1. The maximum absolute atomic E-state index is 12.9. The number of aromatic nitrogens is 2. The lowest BCUT2D eigenvalue weighted by atomic mass is 9.97. The van der Waals surface area contributed by atoms with Crippen LogP contribution in [0.25, 0.3) is 0 Å². The van der Waals surface area contributed by atoms with E-state index in [0.717, 1.165) is 5.56 Å². The number of nitrogens with zero attached hydrogens (tertiary/aromatic N) is 4. The molecule has 0 spiro atoms. The average Bonchev–Trinajstić information content (AvgIpc) is 2.89. The standard InChI is InChI=1S/C24H23N5O4S/c25-16-18-3-5-21(6-4-18)34(31,32)29-14-9-20(10-15-29)24(30)28-23-22(2-1-11-27-23)33-17-19-7-12-26-13-8-19/h1-8,11-13,20H,9-10,14-15,17H2,(H,27,28,30). The van der Waals surface area contributed by atoms with E-state index in [9.17, 15) is 13.2 Å². The Kier molecular flexibility index (Phi) is 7.15. The number of piperidine rings is 1. The minimum Gasteiger partial charge on any atom is -0.485 e. The van der Waals surface area contributed by atoms with Gasteiger partial charge in [-0.05, 0) is 66.9 Å². The van der Waals surface area contributed by atoms with Crippen molar-refractivity contribution in [2.45, 2.75) is 24.3 Å². The lowest BCUT2D eigenvalue weighted by Crippen LogP contribution is -2.41. The molecule has 10 heteroatoms. The Morgan fingerprint density at radius 3 is 2.47 bits per heavy atom. The molecule has 2 aromatic heterocycles. The molecule has 174 valence electrons. The number of sulfonamides is 1. The third-order valence-corrected chi connectivity index (χ3v) is 7.51. The number of hydrogen-bond donors (Lipinski definition) is 1. The molecule has 0 bridgehead atoms. The lowest BCUT2D eigenvalue weighted by molar-refractivity contribution is -0.120. The predicted octanol–water partition coefficient (Wildman–Crippen LogP) is 2.97. The molecule has 3 aromatic rings. The third-order valence-electron chi connectivity index (χ3n) is 5.60. The molecular weight excluding hydrogens is 454 g/mol.